The fourth-order valence-corrected chi connectivity index (χ4v) is 2.11. The molecule has 0 amide bonds. The summed E-state index contributed by atoms with van der Waals surface area (Å²) in [5.41, 5.74) is 0.594. The van der Waals surface area contributed by atoms with Crippen molar-refractivity contribution < 1.29 is 20.0 Å². The van der Waals surface area contributed by atoms with E-state index in [0.717, 1.165) is 6.42 Å². The normalized spacial score (nSPS) is 13.8. The van der Waals surface area contributed by atoms with Crippen LogP contribution in [0.1, 0.15) is 37.0 Å². The standard InChI is InChI=1S/C15H20ClNO3/c1-3-10(2)14(15(19)20)17-9-8-13(18)11-4-6-12(16)7-5-11/h4-7,10,14,17H,3,8-9H2,1-2H3,(H,19,20). The minimum absolute atomic E-state index is 0.0147. The number of carboxylic acids is 1. The highest BCUT2D eigenvalue weighted by molar-refractivity contribution is 6.30. The maximum Gasteiger partial charge on any atom is 0.168 e. The van der Waals surface area contributed by atoms with Crippen LogP contribution in [0.3, 0.4) is 0 Å². The summed E-state index contributed by atoms with van der Waals surface area (Å²) in [6, 6.07) is 6.09. The molecule has 0 aliphatic carbocycles. The van der Waals surface area contributed by atoms with Crippen molar-refractivity contribution in [3.05, 3.63) is 34.9 Å². The zero-order valence-electron chi connectivity index (χ0n) is 11.8. The molecule has 2 atom stereocenters. The van der Waals surface area contributed by atoms with Gasteiger partial charge in [-0.3, -0.25) is 4.79 Å². The first-order valence-electron chi connectivity index (χ1n) is 6.78. The van der Waals surface area contributed by atoms with Crippen LogP contribution in [0, 0.1) is 5.92 Å². The van der Waals surface area contributed by atoms with Crippen LogP contribution in [-0.2, 0) is 4.79 Å². The van der Waals surface area contributed by atoms with Gasteiger partial charge >= 0.3 is 0 Å². The molecule has 0 aliphatic heterocycles. The third kappa shape index (κ3) is 4.94. The Morgan fingerprint density at radius 2 is 1.90 bits per heavy atom. The van der Waals surface area contributed by atoms with Gasteiger partial charge in [-0.15, -0.1) is 0 Å². The molecule has 0 saturated heterocycles. The van der Waals surface area contributed by atoms with Crippen LogP contribution < -0.4 is 10.4 Å². The maximum atomic E-state index is 11.9. The van der Waals surface area contributed by atoms with Crippen molar-refractivity contribution in [1.29, 1.82) is 0 Å². The predicted octanol–water partition coefficient (Wildman–Crippen LogP) is 0.641. The molecule has 1 rings (SSSR count). The van der Waals surface area contributed by atoms with Crippen LogP contribution in [0.4, 0.5) is 0 Å². The molecule has 0 aliphatic rings. The number of carbonyl (C=O) groups excluding carboxylic acids is 2. The Kier molecular flexibility index (Phi) is 6.68. The number of quaternary nitrogens is 1. The third-order valence-corrected chi connectivity index (χ3v) is 3.74. The molecule has 0 heterocycles. The van der Waals surface area contributed by atoms with Crippen molar-refractivity contribution in [2.75, 3.05) is 6.54 Å². The maximum absolute atomic E-state index is 11.9. The Labute approximate surface area is 124 Å². The number of carbonyl (C=O) groups is 2. The molecule has 1 aromatic rings. The van der Waals surface area contributed by atoms with Crippen molar-refractivity contribution in [3.8, 4) is 0 Å². The van der Waals surface area contributed by atoms with E-state index in [2.05, 4.69) is 0 Å². The monoisotopic (exact) mass is 297 g/mol. The quantitative estimate of drug-likeness (QED) is 0.716. The highest BCUT2D eigenvalue weighted by atomic mass is 35.5. The van der Waals surface area contributed by atoms with Crippen molar-refractivity contribution in [3.63, 3.8) is 0 Å². The van der Waals surface area contributed by atoms with E-state index >= 15 is 0 Å². The molecule has 0 spiro atoms. The fraction of sp³-hybridized carbons (Fsp3) is 0.467. The van der Waals surface area contributed by atoms with Gasteiger partial charge in [-0.05, 0) is 30.7 Å². The molecule has 0 fully saturated rings. The van der Waals surface area contributed by atoms with Crippen molar-refractivity contribution >= 4 is 23.4 Å². The summed E-state index contributed by atoms with van der Waals surface area (Å²) in [6.07, 6.45) is 1.06. The number of halogens is 1. The van der Waals surface area contributed by atoms with Gasteiger partial charge in [-0.2, -0.15) is 0 Å². The molecule has 0 radical (unpaired) electrons. The minimum atomic E-state index is -1.07. The van der Waals surface area contributed by atoms with E-state index in [1.165, 1.54) is 0 Å². The summed E-state index contributed by atoms with van der Waals surface area (Å²) in [5.74, 6) is -1.07. The lowest BCUT2D eigenvalue weighted by atomic mass is 9.99. The van der Waals surface area contributed by atoms with Gasteiger partial charge < -0.3 is 15.2 Å². The molecular formula is C15H20ClNO3. The minimum Gasteiger partial charge on any atom is -0.544 e. The van der Waals surface area contributed by atoms with Gasteiger partial charge in [0.05, 0.1) is 18.9 Å². The number of nitrogens with two attached hydrogens (primary N) is 1. The van der Waals surface area contributed by atoms with E-state index in [4.69, 9.17) is 11.6 Å². The van der Waals surface area contributed by atoms with Gasteiger partial charge in [0.2, 0.25) is 0 Å². The van der Waals surface area contributed by atoms with Crippen LogP contribution in [0.15, 0.2) is 24.3 Å². The molecule has 0 bridgehead atoms. The van der Waals surface area contributed by atoms with E-state index in [1.54, 1.807) is 29.6 Å². The van der Waals surface area contributed by atoms with Gasteiger partial charge in [0.1, 0.15) is 6.04 Å². The van der Waals surface area contributed by atoms with E-state index in [1.807, 2.05) is 13.8 Å². The fourth-order valence-electron chi connectivity index (χ4n) is 1.99. The average molecular weight is 298 g/mol. The van der Waals surface area contributed by atoms with Gasteiger partial charge in [0, 0.05) is 16.5 Å². The molecule has 110 valence electrons. The summed E-state index contributed by atoms with van der Waals surface area (Å²) in [5, 5.41) is 13.3. The van der Waals surface area contributed by atoms with E-state index in [0.29, 0.717) is 23.6 Å². The first kappa shape index (κ1) is 16.7. The second-order valence-corrected chi connectivity index (χ2v) is 5.37. The number of hydrogen-bond donors (Lipinski definition) is 1. The van der Waals surface area contributed by atoms with E-state index in [-0.39, 0.29) is 11.7 Å². The number of benzene rings is 1. The molecule has 5 heteroatoms. The van der Waals surface area contributed by atoms with E-state index in [9.17, 15) is 14.7 Å². The van der Waals surface area contributed by atoms with Crippen LogP contribution in [0.2, 0.25) is 5.02 Å². The molecule has 2 unspecified atom stereocenters. The lowest BCUT2D eigenvalue weighted by Gasteiger charge is -2.21. The Morgan fingerprint density at radius 1 is 1.30 bits per heavy atom. The third-order valence-electron chi connectivity index (χ3n) is 3.49. The zero-order valence-corrected chi connectivity index (χ0v) is 12.5. The summed E-state index contributed by atoms with van der Waals surface area (Å²) < 4.78 is 0. The molecule has 4 nitrogen and oxygen atoms in total. The Balaban J connectivity index is 2.48. The van der Waals surface area contributed by atoms with Crippen LogP contribution in [-0.4, -0.2) is 24.3 Å². The first-order valence-corrected chi connectivity index (χ1v) is 7.16. The second kappa shape index (κ2) is 8.02. The van der Waals surface area contributed by atoms with Crippen LogP contribution in [0.25, 0.3) is 0 Å². The van der Waals surface area contributed by atoms with Crippen molar-refractivity contribution in [2.24, 2.45) is 5.92 Å². The van der Waals surface area contributed by atoms with Crippen molar-refractivity contribution in [1.82, 2.24) is 0 Å². The highest BCUT2D eigenvalue weighted by Crippen LogP contribution is 2.10. The topological polar surface area (TPSA) is 73.8 Å². The molecular weight excluding hydrogens is 278 g/mol. The summed E-state index contributed by atoms with van der Waals surface area (Å²) in [6.45, 7) is 4.25. The van der Waals surface area contributed by atoms with Gasteiger partial charge in [0.15, 0.2) is 5.78 Å². The molecule has 2 N–H and O–H groups in total. The number of aliphatic carboxylic acids is 1. The Morgan fingerprint density at radius 3 is 2.40 bits per heavy atom. The van der Waals surface area contributed by atoms with Crippen molar-refractivity contribution in [2.45, 2.75) is 32.7 Å². The number of carboxylic acid groups (broad SMARTS) is 1. The van der Waals surface area contributed by atoms with Gasteiger partial charge in [-0.1, -0.05) is 25.4 Å². The number of ketones is 1. The van der Waals surface area contributed by atoms with Gasteiger partial charge in [-0.25, -0.2) is 0 Å². The predicted molar refractivity (Wildman–Crippen MR) is 75.4 cm³/mol. The SMILES string of the molecule is CCC(C)C([NH2+]CCC(=O)c1ccc(Cl)cc1)C(=O)[O-]. The summed E-state index contributed by atoms with van der Waals surface area (Å²) >= 11 is 5.76. The number of rotatable bonds is 8. The average Bonchev–Trinajstić information content (AvgIpc) is 2.43. The van der Waals surface area contributed by atoms with Gasteiger partial charge in [0.25, 0.3) is 0 Å². The molecule has 0 aromatic heterocycles. The molecule has 20 heavy (non-hydrogen) atoms. The molecule has 1 aromatic carbocycles. The summed E-state index contributed by atoms with van der Waals surface area (Å²) in [4.78, 5) is 23.0. The number of hydrogen-bond acceptors (Lipinski definition) is 3. The Hall–Kier alpha value is -1.39. The van der Waals surface area contributed by atoms with E-state index < -0.39 is 12.0 Å². The van der Waals surface area contributed by atoms with Crippen LogP contribution in [0.5, 0.6) is 0 Å². The largest absolute Gasteiger partial charge is 0.544 e. The van der Waals surface area contributed by atoms with Crippen LogP contribution >= 0.6 is 11.6 Å². The number of Topliss-reactive ketones (excluding diaryl/α,β-unsaturated/α-hetero) is 1. The first-order chi connectivity index (χ1) is 9.45. The lowest BCUT2D eigenvalue weighted by molar-refractivity contribution is -0.688. The Bertz CT molecular complexity index is 459. The lowest BCUT2D eigenvalue weighted by Crippen LogP contribution is -2.94. The zero-order chi connectivity index (χ0) is 15.1. The highest BCUT2D eigenvalue weighted by Gasteiger charge is 2.20. The molecule has 0 saturated carbocycles. The second-order valence-electron chi connectivity index (χ2n) is 4.93. The summed E-state index contributed by atoms with van der Waals surface area (Å²) in [7, 11) is 0. The smallest absolute Gasteiger partial charge is 0.168 e.